The average molecular weight is 468 g/mol. The molecule has 6 nitrogen and oxygen atoms in total. The zero-order valence-electron chi connectivity index (χ0n) is 19.3. The topological polar surface area (TPSA) is 60.5 Å². The Kier molecular flexibility index (Phi) is 7.28. The molecule has 0 unspecified atom stereocenters. The van der Waals surface area contributed by atoms with Gasteiger partial charge in [-0.15, -0.1) is 0 Å². The molecule has 0 spiro atoms. The van der Waals surface area contributed by atoms with E-state index in [1.807, 2.05) is 13.1 Å². The normalized spacial score (nSPS) is 18.9. The molecule has 1 saturated heterocycles. The fourth-order valence-electron chi connectivity index (χ4n) is 4.77. The van der Waals surface area contributed by atoms with Gasteiger partial charge in [-0.3, -0.25) is 9.48 Å². The molecule has 0 N–H and O–H groups in total. The number of alkyl halides is 3. The minimum absolute atomic E-state index is 0.0427. The number of aldehydes is 1. The summed E-state index contributed by atoms with van der Waals surface area (Å²) in [5, 5.41) is 4.51. The predicted octanol–water partition coefficient (Wildman–Crippen LogP) is 4.85. The smallest absolute Gasteiger partial charge is 0.420 e. The summed E-state index contributed by atoms with van der Waals surface area (Å²) in [4.78, 5) is 13.7. The van der Waals surface area contributed by atoms with Crippen LogP contribution in [-0.2, 0) is 30.3 Å². The molecule has 2 fully saturated rings. The fourth-order valence-corrected chi connectivity index (χ4v) is 4.77. The third-order valence-electron chi connectivity index (χ3n) is 6.75. The molecule has 0 bridgehead atoms. The quantitative estimate of drug-likeness (QED) is 0.569. The molecule has 2 aromatic rings. The number of carbonyl (C=O) groups is 1. The van der Waals surface area contributed by atoms with Gasteiger partial charge in [-0.2, -0.15) is 18.3 Å². The second-order valence-corrected chi connectivity index (χ2v) is 9.24. The summed E-state index contributed by atoms with van der Waals surface area (Å²) in [7, 11) is 1.68. The number of likely N-dealkylation sites (tertiary alicyclic amines) is 1. The van der Waals surface area contributed by atoms with E-state index >= 15 is 0 Å². The van der Waals surface area contributed by atoms with E-state index in [1.54, 1.807) is 11.8 Å². The van der Waals surface area contributed by atoms with Crippen molar-refractivity contribution in [2.45, 2.75) is 58.2 Å². The minimum Gasteiger partial charge on any atom is -0.457 e. The van der Waals surface area contributed by atoms with Gasteiger partial charge in [-0.25, -0.2) is 0 Å². The van der Waals surface area contributed by atoms with Gasteiger partial charge in [0.25, 0.3) is 0 Å². The minimum atomic E-state index is -4.65. The van der Waals surface area contributed by atoms with Crippen LogP contribution < -0.4 is 0 Å². The number of piperidine rings is 1. The number of ether oxygens (including phenoxy) is 1. The molecule has 1 aliphatic heterocycles. The van der Waals surface area contributed by atoms with Gasteiger partial charge in [-0.1, -0.05) is 0 Å². The Balaban J connectivity index is 0.000000601. The molecule has 3 aliphatic rings. The number of hydrogen-bond donors (Lipinski definition) is 0. The highest BCUT2D eigenvalue weighted by Crippen LogP contribution is 2.45. The van der Waals surface area contributed by atoms with E-state index in [1.165, 1.54) is 19.4 Å². The highest BCUT2D eigenvalue weighted by Gasteiger charge is 2.43. The molecule has 9 heteroatoms. The van der Waals surface area contributed by atoms with Crippen LogP contribution in [0.3, 0.4) is 0 Å². The van der Waals surface area contributed by atoms with Gasteiger partial charge in [0.15, 0.2) is 12.0 Å². The van der Waals surface area contributed by atoms with Crippen LogP contribution >= 0.6 is 0 Å². The van der Waals surface area contributed by atoms with Crippen molar-refractivity contribution in [3.8, 4) is 11.3 Å². The number of aryl methyl sites for hydroxylation is 2. The van der Waals surface area contributed by atoms with Crippen molar-refractivity contribution in [3.05, 3.63) is 28.8 Å². The first-order chi connectivity index (χ1) is 15.8. The maximum Gasteiger partial charge on any atom is 0.420 e. The lowest BCUT2D eigenvalue weighted by molar-refractivity contribution is -0.137. The molecule has 0 aromatic carbocycles. The molecule has 3 heterocycles. The Labute approximate surface area is 192 Å². The standard InChI is InChI=1S/C21H24F3N3O2.C3H8O/c22-21(23,24)19-17(12-28)29-16-4-3-15-11-27(25-20(15)18(16)19)10-14-5-7-26(8-6-14)9-13-1-2-13;1-3-4-2/h11-14H,1-10H2;3H2,1-2H3. The number of halogens is 3. The summed E-state index contributed by atoms with van der Waals surface area (Å²) < 4.78 is 52.4. The molecular weight excluding hydrogens is 435 g/mol. The fraction of sp³-hybridized carbons (Fsp3) is 0.667. The van der Waals surface area contributed by atoms with E-state index < -0.39 is 17.5 Å². The summed E-state index contributed by atoms with van der Waals surface area (Å²) in [5.41, 5.74) is 0.0925. The third kappa shape index (κ3) is 5.51. The van der Waals surface area contributed by atoms with Crippen molar-refractivity contribution in [1.29, 1.82) is 0 Å². The van der Waals surface area contributed by atoms with E-state index in [0.29, 0.717) is 24.5 Å². The highest BCUT2D eigenvalue weighted by atomic mass is 19.4. The first-order valence-corrected chi connectivity index (χ1v) is 11.8. The molecule has 2 aromatic heterocycles. The van der Waals surface area contributed by atoms with Gasteiger partial charge >= 0.3 is 6.18 Å². The lowest BCUT2D eigenvalue weighted by atomic mass is 9.93. The van der Waals surface area contributed by atoms with Crippen LogP contribution in [0.25, 0.3) is 11.3 Å². The summed E-state index contributed by atoms with van der Waals surface area (Å²) in [6.07, 6.45) is 3.21. The Morgan fingerprint density at radius 2 is 1.82 bits per heavy atom. The zero-order valence-corrected chi connectivity index (χ0v) is 19.3. The molecule has 2 aliphatic carbocycles. The average Bonchev–Trinajstić information content (AvgIpc) is 3.36. The Hall–Kier alpha value is -2.13. The van der Waals surface area contributed by atoms with Crippen molar-refractivity contribution in [2.24, 2.45) is 11.8 Å². The molecule has 33 heavy (non-hydrogen) atoms. The van der Waals surface area contributed by atoms with Gasteiger partial charge in [0, 0.05) is 39.4 Å². The molecular formula is C24H32F3N3O3. The summed E-state index contributed by atoms with van der Waals surface area (Å²) in [6, 6.07) is 0. The van der Waals surface area contributed by atoms with Crippen LogP contribution in [0.4, 0.5) is 13.2 Å². The molecule has 5 rings (SSSR count). The number of nitrogens with zero attached hydrogens (tertiary/aromatic N) is 3. The number of rotatable bonds is 6. The predicted molar refractivity (Wildman–Crippen MR) is 117 cm³/mol. The van der Waals surface area contributed by atoms with Crippen LogP contribution in [0.5, 0.6) is 0 Å². The SMILES string of the molecule is CCOC.O=Cc1oc2c(c1C(F)(F)F)-c1nn(CC3CCN(CC4CC4)CC3)cc1CC2. The lowest BCUT2D eigenvalue weighted by Gasteiger charge is -2.31. The third-order valence-corrected chi connectivity index (χ3v) is 6.75. The Morgan fingerprint density at radius 3 is 2.39 bits per heavy atom. The van der Waals surface area contributed by atoms with E-state index in [-0.39, 0.29) is 17.6 Å². The van der Waals surface area contributed by atoms with Crippen molar-refractivity contribution in [1.82, 2.24) is 14.7 Å². The maximum atomic E-state index is 13.6. The first-order valence-electron chi connectivity index (χ1n) is 11.8. The van der Waals surface area contributed by atoms with E-state index in [2.05, 4.69) is 14.7 Å². The van der Waals surface area contributed by atoms with Crippen molar-refractivity contribution < 1.29 is 27.1 Å². The van der Waals surface area contributed by atoms with Crippen molar-refractivity contribution in [3.63, 3.8) is 0 Å². The summed E-state index contributed by atoms with van der Waals surface area (Å²) in [5.74, 6) is 0.953. The molecule has 0 radical (unpaired) electrons. The largest absolute Gasteiger partial charge is 0.457 e. The van der Waals surface area contributed by atoms with Crippen LogP contribution in [-0.4, -0.2) is 54.3 Å². The first kappa shape index (κ1) is 24.0. The second-order valence-electron chi connectivity index (χ2n) is 9.24. The van der Waals surface area contributed by atoms with Crippen LogP contribution in [0.1, 0.15) is 60.0 Å². The highest BCUT2D eigenvalue weighted by molar-refractivity contribution is 5.82. The molecule has 0 amide bonds. The van der Waals surface area contributed by atoms with Crippen molar-refractivity contribution >= 4 is 6.29 Å². The summed E-state index contributed by atoms with van der Waals surface area (Å²) >= 11 is 0. The number of aromatic nitrogens is 2. The van der Waals surface area contributed by atoms with E-state index in [0.717, 1.165) is 50.6 Å². The van der Waals surface area contributed by atoms with Gasteiger partial charge in [0.2, 0.25) is 0 Å². The number of carbonyl (C=O) groups excluding carboxylic acids is 1. The van der Waals surface area contributed by atoms with Crippen LogP contribution in [0, 0.1) is 11.8 Å². The maximum absolute atomic E-state index is 13.6. The number of fused-ring (bicyclic) bond motifs is 3. The zero-order chi connectivity index (χ0) is 23.6. The number of methoxy groups -OCH3 is 1. The number of hydrogen-bond acceptors (Lipinski definition) is 5. The second kappa shape index (κ2) is 10.0. The molecule has 1 saturated carbocycles. The van der Waals surface area contributed by atoms with Crippen LogP contribution in [0.15, 0.2) is 10.6 Å². The molecule has 0 atom stereocenters. The molecule has 182 valence electrons. The number of furan rings is 1. The van der Waals surface area contributed by atoms with Crippen molar-refractivity contribution in [2.75, 3.05) is 33.4 Å². The van der Waals surface area contributed by atoms with E-state index in [4.69, 9.17) is 4.42 Å². The van der Waals surface area contributed by atoms with Crippen LogP contribution in [0.2, 0.25) is 0 Å². The summed E-state index contributed by atoms with van der Waals surface area (Å²) in [6.45, 7) is 6.90. The monoisotopic (exact) mass is 467 g/mol. The van der Waals surface area contributed by atoms with Gasteiger partial charge in [0.1, 0.15) is 11.3 Å². The Morgan fingerprint density at radius 1 is 1.15 bits per heavy atom. The van der Waals surface area contributed by atoms with Gasteiger partial charge < -0.3 is 14.1 Å². The Bertz CT molecular complexity index is 952. The lowest BCUT2D eigenvalue weighted by Crippen LogP contribution is -2.36. The van der Waals surface area contributed by atoms with E-state index in [9.17, 15) is 18.0 Å². The van der Waals surface area contributed by atoms with Gasteiger partial charge in [0.05, 0.1) is 11.3 Å². The van der Waals surface area contributed by atoms with Gasteiger partial charge in [-0.05, 0) is 69.5 Å².